The maximum Gasteiger partial charge on any atom is 0.327 e. The van der Waals surface area contributed by atoms with Gasteiger partial charge in [0.1, 0.15) is 12.1 Å². The summed E-state index contributed by atoms with van der Waals surface area (Å²) in [5.74, 6) is -3.44. The van der Waals surface area contributed by atoms with E-state index in [1.807, 2.05) is 0 Å². The number of Topliss-reactive ketones (excluding diaryl/α,β-unsaturated/α-hetero) is 1. The minimum Gasteiger partial charge on any atom is -0.480 e. The molecule has 10 heteroatoms. The number of carboxylic acid groups (broad SMARTS) is 2. The molecule has 0 aliphatic carbocycles. The Morgan fingerprint density at radius 2 is 1.86 bits per heavy atom. The van der Waals surface area contributed by atoms with Crippen LogP contribution in [0.25, 0.3) is 0 Å². The van der Waals surface area contributed by atoms with Gasteiger partial charge in [-0.25, -0.2) is 14.6 Å². The van der Waals surface area contributed by atoms with Crippen molar-refractivity contribution in [3.8, 4) is 0 Å². The Bertz CT molecular complexity index is 907. The average molecular weight is 388 g/mol. The smallest absolute Gasteiger partial charge is 0.327 e. The number of imidazole rings is 1. The van der Waals surface area contributed by atoms with Crippen LogP contribution < -0.4 is 11.1 Å². The van der Waals surface area contributed by atoms with Gasteiger partial charge < -0.3 is 25.8 Å². The zero-order valence-corrected chi connectivity index (χ0v) is 15.0. The maximum absolute atomic E-state index is 12.4. The molecule has 2 atom stereocenters. The summed E-state index contributed by atoms with van der Waals surface area (Å²) < 4.78 is 1.22. The standard InChI is InChI=1S/C18H20N4O6/c1-10(23)21-14(17(25)26)6-11-8-22(9-20-11)15(18(27)28)7-16(24)12-4-2-3-5-13(12)19/h2-5,8-9,14-15H,6-7,19H2,1H3,(H,21,23)(H,25,26)(H,27,28)/t14-,15?/m0/s1. The molecule has 1 unspecified atom stereocenters. The second-order valence-corrected chi connectivity index (χ2v) is 6.18. The minimum absolute atomic E-state index is 0.131. The third kappa shape index (κ3) is 5.16. The fourth-order valence-electron chi connectivity index (χ4n) is 2.67. The molecular weight excluding hydrogens is 368 g/mol. The normalized spacial score (nSPS) is 12.8. The van der Waals surface area contributed by atoms with Crippen molar-refractivity contribution >= 4 is 29.3 Å². The molecule has 0 aliphatic heterocycles. The second-order valence-electron chi connectivity index (χ2n) is 6.18. The lowest BCUT2D eigenvalue weighted by Gasteiger charge is -2.14. The average Bonchev–Trinajstić information content (AvgIpc) is 3.06. The summed E-state index contributed by atoms with van der Waals surface area (Å²) in [6.07, 6.45) is 2.07. The molecule has 0 spiro atoms. The molecule has 0 bridgehead atoms. The predicted molar refractivity (Wildman–Crippen MR) is 97.6 cm³/mol. The number of anilines is 1. The molecule has 0 fully saturated rings. The Labute approximate surface area is 160 Å². The van der Waals surface area contributed by atoms with Crippen LogP contribution in [0.15, 0.2) is 36.8 Å². The third-order valence-corrected chi connectivity index (χ3v) is 4.03. The first-order valence-corrected chi connectivity index (χ1v) is 8.31. The number of carbonyl (C=O) groups excluding carboxylic acids is 2. The molecule has 5 N–H and O–H groups in total. The highest BCUT2D eigenvalue weighted by Gasteiger charge is 2.26. The molecule has 0 saturated carbocycles. The highest BCUT2D eigenvalue weighted by molar-refractivity contribution is 6.02. The summed E-state index contributed by atoms with van der Waals surface area (Å²) in [5, 5.41) is 20.9. The summed E-state index contributed by atoms with van der Waals surface area (Å²) in [6.45, 7) is 1.19. The van der Waals surface area contributed by atoms with E-state index in [2.05, 4.69) is 10.3 Å². The molecule has 0 aliphatic rings. The summed E-state index contributed by atoms with van der Waals surface area (Å²) in [7, 11) is 0. The molecule has 1 amide bonds. The number of nitrogens with zero attached hydrogens (tertiary/aromatic N) is 2. The van der Waals surface area contributed by atoms with Crippen molar-refractivity contribution in [2.24, 2.45) is 0 Å². The highest BCUT2D eigenvalue weighted by atomic mass is 16.4. The number of ketones is 1. The fraction of sp³-hybridized carbons (Fsp3) is 0.278. The number of benzene rings is 1. The number of carboxylic acids is 2. The number of hydrogen-bond donors (Lipinski definition) is 4. The first-order chi connectivity index (χ1) is 13.2. The van der Waals surface area contributed by atoms with Crippen LogP contribution in [0.2, 0.25) is 0 Å². The van der Waals surface area contributed by atoms with E-state index < -0.39 is 35.7 Å². The molecule has 2 aromatic rings. The lowest BCUT2D eigenvalue weighted by molar-refractivity contribution is -0.142. The summed E-state index contributed by atoms with van der Waals surface area (Å²) in [4.78, 5) is 50.4. The minimum atomic E-state index is -1.25. The van der Waals surface area contributed by atoms with Crippen LogP contribution in [0.1, 0.15) is 35.4 Å². The van der Waals surface area contributed by atoms with Crippen molar-refractivity contribution in [1.82, 2.24) is 14.9 Å². The number of nitrogen functional groups attached to an aromatic ring is 1. The van der Waals surface area contributed by atoms with Gasteiger partial charge in [-0.05, 0) is 12.1 Å². The first kappa shape index (κ1) is 20.6. The largest absolute Gasteiger partial charge is 0.480 e. The number of para-hydroxylation sites is 1. The summed E-state index contributed by atoms with van der Waals surface area (Å²) in [5.41, 5.74) is 6.50. The van der Waals surface area contributed by atoms with Crippen LogP contribution in [0.4, 0.5) is 5.69 Å². The number of aromatic nitrogens is 2. The summed E-state index contributed by atoms with van der Waals surface area (Å²) in [6, 6.07) is 3.92. The lowest BCUT2D eigenvalue weighted by atomic mass is 10.0. The number of carbonyl (C=O) groups is 4. The fourth-order valence-corrected chi connectivity index (χ4v) is 2.67. The van der Waals surface area contributed by atoms with Crippen molar-refractivity contribution in [1.29, 1.82) is 0 Å². The van der Waals surface area contributed by atoms with E-state index in [-0.39, 0.29) is 29.8 Å². The van der Waals surface area contributed by atoms with E-state index >= 15 is 0 Å². The van der Waals surface area contributed by atoms with Crippen molar-refractivity contribution in [3.05, 3.63) is 48.0 Å². The van der Waals surface area contributed by atoms with Gasteiger partial charge in [0.15, 0.2) is 5.78 Å². The highest BCUT2D eigenvalue weighted by Crippen LogP contribution is 2.20. The molecule has 0 saturated heterocycles. The van der Waals surface area contributed by atoms with Crippen LogP contribution in [0, 0.1) is 0 Å². The van der Waals surface area contributed by atoms with Gasteiger partial charge >= 0.3 is 11.9 Å². The van der Waals surface area contributed by atoms with Gasteiger partial charge in [-0.1, -0.05) is 12.1 Å². The van der Waals surface area contributed by atoms with E-state index in [0.717, 1.165) is 0 Å². The van der Waals surface area contributed by atoms with Crippen molar-refractivity contribution in [2.45, 2.75) is 31.8 Å². The summed E-state index contributed by atoms with van der Waals surface area (Å²) >= 11 is 0. The lowest BCUT2D eigenvalue weighted by Crippen LogP contribution is -2.41. The van der Waals surface area contributed by atoms with Crippen LogP contribution in [-0.4, -0.2) is 49.4 Å². The molecule has 1 heterocycles. The number of rotatable bonds is 9. The SMILES string of the molecule is CC(=O)N[C@@H](Cc1cn(C(CC(=O)c2ccccc2N)C(=O)O)cn1)C(=O)O. The van der Waals surface area contributed by atoms with Gasteiger partial charge in [0.05, 0.1) is 12.0 Å². The molecule has 2 rings (SSSR count). The Hall–Kier alpha value is -3.69. The topological polar surface area (TPSA) is 165 Å². The monoisotopic (exact) mass is 388 g/mol. The van der Waals surface area contributed by atoms with E-state index in [1.165, 1.54) is 30.1 Å². The number of aliphatic carboxylic acids is 2. The molecule has 28 heavy (non-hydrogen) atoms. The van der Waals surface area contributed by atoms with Crippen molar-refractivity contribution < 1.29 is 29.4 Å². The Balaban J connectivity index is 2.18. The van der Waals surface area contributed by atoms with Crippen LogP contribution in [0.3, 0.4) is 0 Å². The number of hydrogen-bond acceptors (Lipinski definition) is 6. The Morgan fingerprint density at radius 3 is 2.43 bits per heavy atom. The van der Waals surface area contributed by atoms with E-state index in [9.17, 15) is 24.3 Å². The molecular formula is C18H20N4O6. The molecule has 10 nitrogen and oxygen atoms in total. The van der Waals surface area contributed by atoms with Gasteiger partial charge in [0.25, 0.3) is 0 Å². The van der Waals surface area contributed by atoms with Crippen LogP contribution in [-0.2, 0) is 20.8 Å². The van der Waals surface area contributed by atoms with Crippen molar-refractivity contribution in [2.75, 3.05) is 5.73 Å². The zero-order chi connectivity index (χ0) is 20.8. The maximum atomic E-state index is 12.4. The zero-order valence-electron chi connectivity index (χ0n) is 15.0. The number of nitrogens with one attached hydrogen (secondary N) is 1. The third-order valence-electron chi connectivity index (χ3n) is 4.03. The number of nitrogens with two attached hydrogens (primary N) is 1. The van der Waals surface area contributed by atoms with Gasteiger partial charge in [-0.15, -0.1) is 0 Å². The quantitative estimate of drug-likeness (QED) is 0.356. The van der Waals surface area contributed by atoms with E-state index in [4.69, 9.17) is 10.8 Å². The van der Waals surface area contributed by atoms with Gasteiger partial charge in [0.2, 0.25) is 5.91 Å². The van der Waals surface area contributed by atoms with Gasteiger partial charge in [0, 0.05) is 37.2 Å². The second kappa shape index (κ2) is 8.80. The van der Waals surface area contributed by atoms with Crippen molar-refractivity contribution in [3.63, 3.8) is 0 Å². The number of amides is 1. The van der Waals surface area contributed by atoms with Gasteiger partial charge in [-0.3, -0.25) is 9.59 Å². The molecule has 1 aromatic heterocycles. The van der Waals surface area contributed by atoms with Gasteiger partial charge in [-0.2, -0.15) is 0 Å². The predicted octanol–water partition coefficient (Wildman–Crippen LogP) is 0.496. The molecule has 1 aromatic carbocycles. The molecule has 0 radical (unpaired) electrons. The van der Waals surface area contributed by atoms with Crippen LogP contribution in [0.5, 0.6) is 0 Å². The van der Waals surface area contributed by atoms with Crippen LogP contribution >= 0.6 is 0 Å². The van der Waals surface area contributed by atoms with E-state index in [0.29, 0.717) is 0 Å². The Morgan fingerprint density at radius 1 is 1.18 bits per heavy atom. The first-order valence-electron chi connectivity index (χ1n) is 8.31. The molecule has 148 valence electrons. The van der Waals surface area contributed by atoms with E-state index in [1.54, 1.807) is 18.2 Å². The Kier molecular flexibility index (Phi) is 6.48.